The van der Waals surface area contributed by atoms with E-state index in [0.29, 0.717) is 0 Å². The molecule has 4 N–H and O–H groups in total. The van der Waals surface area contributed by atoms with E-state index in [0.717, 1.165) is 0 Å². The summed E-state index contributed by atoms with van der Waals surface area (Å²) in [6, 6.07) is 0. The fraction of sp³-hybridized carbons (Fsp3) is 0. The molecule has 10 heteroatoms. The Labute approximate surface area is 72.2 Å². The van der Waals surface area contributed by atoms with E-state index in [2.05, 4.69) is 0 Å². The maximum absolute atomic E-state index is 8.81. The molecule has 12 heavy (non-hydrogen) atoms. The summed E-state index contributed by atoms with van der Waals surface area (Å²) in [4.78, 5) is 17.6. The molecule has 0 aliphatic rings. The van der Waals surface area contributed by atoms with E-state index >= 15 is 0 Å². The van der Waals surface area contributed by atoms with Crippen molar-refractivity contribution in [1.82, 2.24) is 0 Å². The van der Waals surface area contributed by atoms with Crippen LogP contribution in [0.5, 0.6) is 0 Å². The predicted molar refractivity (Wildman–Crippen MR) is 38.9 cm³/mol. The molecule has 0 aliphatic heterocycles. The van der Waals surface area contributed by atoms with Gasteiger partial charge in [0.05, 0.1) is 0 Å². The van der Waals surface area contributed by atoms with Crippen LogP contribution in [0.4, 0.5) is 0 Å². The highest BCUT2D eigenvalue weighted by Crippen LogP contribution is 1.44. The van der Waals surface area contributed by atoms with Crippen LogP contribution in [0.1, 0.15) is 0 Å². The molecule has 0 radical (unpaired) electrons. The summed E-state index contributed by atoms with van der Waals surface area (Å²) in [5.41, 5.74) is 0. The van der Waals surface area contributed by atoms with E-state index in [-0.39, 0.29) is 12.6 Å². The van der Waals surface area contributed by atoms with Crippen LogP contribution in [0, 0.1) is 0 Å². The highest BCUT2D eigenvalue weighted by molar-refractivity contribution is 7.73. The van der Waals surface area contributed by atoms with Crippen LogP contribution >= 0.6 is 0 Å². The van der Waals surface area contributed by atoms with Gasteiger partial charge in [0.15, 0.2) is 12.6 Å². The van der Waals surface area contributed by atoms with E-state index in [1.165, 1.54) is 0 Å². The van der Waals surface area contributed by atoms with Crippen molar-refractivity contribution in [3.8, 4) is 0 Å². The van der Waals surface area contributed by atoms with E-state index in [9.17, 15) is 0 Å². The van der Waals surface area contributed by atoms with Crippen molar-refractivity contribution in [3.63, 3.8) is 0 Å². The monoisotopic (exact) mass is 222 g/mol. The summed E-state index contributed by atoms with van der Waals surface area (Å²) >= 11 is -5.22. The number of carbonyl (C=O) groups is 2. The molecular formula is C2H6O8S2. The molecule has 0 spiro atoms. The van der Waals surface area contributed by atoms with Crippen LogP contribution in [-0.4, -0.2) is 39.2 Å². The van der Waals surface area contributed by atoms with Crippen molar-refractivity contribution in [1.29, 1.82) is 0 Å². The normalized spacial score (nSPS) is 7.50. The molecule has 0 heterocycles. The SMILES string of the molecule is O=CC=O.O=S(O)O.O=S(O)O. The molecule has 0 fully saturated rings. The molecule has 74 valence electrons. The minimum Gasteiger partial charge on any atom is -0.295 e. The van der Waals surface area contributed by atoms with E-state index < -0.39 is 22.7 Å². The third kappa shape index (κ3) is 2960. The molecule has 0 saturated heterocycles. The molecular weight excluding hydrogens is 216 g/mol. The maximum Gasteiger partial charge on any atom is 0.299 e. The fourth-order valence-electron chi connectivity index (χ4n) is 0. The van der Waals surface area contributed by atoms with Gasteiger partial charge in [0.25, 0.3) is 22.7 Å². The zero-order chi connectivity index (χ0) is 10.6. The van der Waals surface area contributed by atoms with E-state index in [4.69, 9.17) is 36.2 Å². The van der Waals surface area contributed by atoms with Crippen LogP contribution in [0.25, 0.3) is 0 Å². The lowest BCUT2D eigenvalue weighted by molar-refractivity contribution is -0.122. The Morgan fingerprint density at radius 2 is 0.833 bits per heavy atom. The first-order valence-electron chi connectivity index (χ1n) is 1.87. The highest BCUT2D eigenvalue weighted by atomic mass is 32.2. The van der Waals surface area contributed by atoms with Gasteiger partial charge in [0, 0.05) is 0 Å². The minimum atomic E-state index is -2.61. The van der Waals surface area contributed by atoms with Crippen molar-refractivity contribution >= 4 is 35.3 Å². The van der Waals surface area contributed by atoms with Gasteiger partial charge in [-0.05, 0) is 0 Å². The largest absolute Gasteiger partial charge is 0.299 e. The Balaban J connectivity index is -0.000000101. The molecule has 0 aliphatic carbocycles. The van der Waals surface area contributed by atoms with Gasteiger partial charge in [-0.15, -0.1) is 0 Å². The van der Waals surface area contributed by atoms with Gasteiger partial charge in [0.1, 0.15) is 0 Å². The van der Waals surface area contributed by atoms with Crippen molar-refractivity contribution < 1.29 is 36.2 Å². The number of hydrogen-bond acceptors (Lipinski definition) is 4. The zero-order valence-corrected chi connectivity index (χ0v) is 7.03. The second-order valence-electron chi connectivity index (χ2n) is 0.734. The van der Waals surface area contributed by atoms with Crippen molar-refractivity contribution in [2.24, 2.45) is 0 Å². The Kier molecular flexibility index (Phi) is 24.6. The molecule has 0 aromatic heterocycles. The van der Waals surface area contributed by atoms with E-state index in [1.54, 1.807) is 0 Å². The van der Waals surface area contributed by atoms with Gasteiger partial charge in [-0.2, -0.15) is 8.42 Å². The summed E-state index contributed by atoms with van der Waals surface area (Å²) in [6.07, 6.45) is 0.389. The molecule has 0 rings (SSSR count). The second-order valence-corrected chi connectivity index (χ2v) is 1.66. The summed E-state index contributed by atoms with van der Waals surface area (Å²) in [7, 11) is 0. The average Bonchev–Trinajstić information content (AvgIpc) is 1.85. The third-order valence-corrected chi connectivity index (χ3v) is 0.0556. The molecule has 0 atom stereocenters. The lowest BCUT2D eigenvalue weighted by Gasteiger charge is -1.59. The molecule has 8 nitrogen and oxygen atoms in total. The molecule has 0 saturated carbocycles. The molecule has 0 amide bonds. The molecule has 0 bridgehead atoms. The molecule has 0 aromatic carbocycles. The zero-order valence-electron chi connectivity index (χ0n) is 5.39. The topological polar surface area (TPSA) is 149 Å². The minimum absolute atomic E-state index is 0.194. The third-order valence-electron chi connectivity index (χ3n) is 0.0556. The maximum atomic E-state index is 8.81. The van der Waals surface area contributed by atoms with Gasteiger partial charge in [0.2, 0.25) is 0 Å². The second kappa shape index (κ2) is 16.8. The van der Waals surface area contributed by atoms with Crippen molar-refractivity contribution in [2.45, 2.75) is 0 Å². The summed E-state index contributed by atoms with van der Waals surface area (Å²) in [5, 5.41) is 0. The first-order valence-corrected chi connectivity index (χ1v) is 4.00. The Morgan fingerprint density at radius 3 is 0.833 bits per heavy atom. The lowest BCUT2D eigenvalue weighted by Crippen LogP contribution is -1.74. The van der Waals surface area contributed by atoms with Crippen molar-refractivity contribution in [3.05, 3.63) is 0 Å². The van der Waals surface area contributed by atoms with Gasteiger partial charge in [-0.1, -0.05) is 0 Å². The smallest absolute Gasteiger partial charge is 0.295 e. The number of aldehydes is 2. The van der Waals surface area contributed by atoms with Crippen LogP contribution in [-0.2, 0) is 32.3 Å². The number of rotatable bonds is 1. The van der Waals surface area contributed by atoms with Crippen LogP contribution in [0.15, 0.2) is 0 Å². The summed E-state index contributed by atoms with van der Waals surface area (Å²) < 4.78 is 45.7. The lowest BCUT2D eigenvalue weighted by atomic mass is 10.9. The van der Waals surface area contributed by atoms with Gasteiger partial charge < -0.3 is 0 Å². The fourth-order valence-corrected chi connectivity index (χ4v) is 0. The highest BCUT2D eigenvalue weighted by Gasteiger charge is 1.63. The average molecular weight is 222 g/mol. The van der Waals surface area contributed by atoms with Crippen LogP contribution in [0.2, 0.25) is 0 Å². The first-order chi connectivity index (χ1) is 5.38. The summed E-state index contributed by atoms with van der Waals surface area (Å²) in [6.45, 7) is 0. The molecule has 0 unspecified atom stereocenters. The van der Waals surface area contributed by atoms with Gasteiger partial charge >= 0.3 is 0 Å². The standard InChI is InChI=1S/C2H2O2.2H2O3S/c3-1-2-4;2*1-4(2)3/h1-2H;2*(H2,1,2,3). The van der Waals surface area contributed by atoms with Crippen LogP contribution in [0.3, 0.4) is 0 Å². The number of carbonyl (C=O) groups excluding carboxylic acids is 2. The molecule has 0 aromatic rings. The van der Waals surface area contributed by atoms with E-state index in [1.807, 2.05) is 0 Å². The Morgan fingerprint density at radius 1 is 0.750 bits per heavy atom. The summed E-state index contributed by atoms with van der Waals surface area (Å²) in [5.74, 6) is 0. The van der Waals surface area contributed by atoms with Crippen molar-refractivity contribution in [2.75, 3.05) is 0 Å². The Bertz CT molecular complexity index is 127. The van der Waals surface area contributed by atoms with Gasteiger partial charge in [-0.3, -0.25) is 27.8 Å². The van der Waals surface area contributed by atoms with Gasteiger partial charge in [-0.25, -0.2) is 0 Å². The number of hydrogen-bond donors (Lipinski definition) is 4. The quantitative estimate of drug-likeness (QED) is 0.244. The Hall–Kier alpha value is -0.520. The predicted octanol–water partition coefficient (Wildman–Crippen LogP) is -1.25. The first kappa shape index (κ1) is 17.5. The van der Waals surface area contributed by atoms with Crippen LogP contribution < -0.4 is 0 Å².